The first-order valence-electron chi connectivity index (χ1n) is 7.97. The second kappa shape index (κ2) is 9.52. The molecule has 4 N–H and O–H groups in total. The van der Waals surface area contributed by atoms with Crippen LogP contribution >= 0.6 is 0 Å². The van der Waals surface area contributed by atoms with E-state index in [2.05, 4.69) is 29.5 Å². The van der Waals surface area contributed by atoms with Crippen molar-refractivity contribution in [3.05, 3.63) is 29.8 Å². The number of nitrogens with two attached hydrogens (primary N) is 1. The number of aliphatic imine (C=N–C) groups is 1. The minimum Gasteiger partial charge on any atom is -0.357 e. The standard InChI is InChI=1S/C16H28N4O2S/c1-4-18-16(19-11-5-6-13(2)3)20-12-14-7-9-15(10-8-14)23(17,21)22/h7-10,13H,4-6,11-12H2,1-3H3,(H2,17,21,22)(H2,18,19,20). The van der Waals surface area contributed by atoms with Crippen molar-refractivity contribution in [2.75, 3.05) is 13.1 Å². The monoisotopic (exact) mass is 340 g/mol. The Morgan fingerprint density at radius 3 is 2.39 bits per heavy atom. The number of nitrogens with one attached hydrogen (secondary N) is 2. The third-order valence-electron chi connectivity index (χ3n) is 3.27. The van der Waals surface area contributed by atoms with Crippen LogP contribution < -0.4 is 15.8 Å². The first-order chi connectivity index (χ1) is 10.8. The van der Waals surface area contributed by atoms with Gasteiger partial charge in [-0.2, -0.15) is 0 Å². The summed E-state index contributed by atoms with van der Waals surface area (Å²) in [7, 11) is -3.64. The number of guanidine groups is 1. The lowest BCUT2D eigenvalue weighted by Crippen LogP contribution is -2.37. The zero-order valence-corrected chi connectivity index (χ0v) is 15.0. The minimum absolute atomic E-state index is 0.115. The van der Waals surface area contributed by atoms with Gasteiger partial charge in [-0.1, -0.05) is 26.0 Å². The summed E-state index contributed by atoms with van der Waals surface area (Å²) < 4.78 is 22.4. The lowest BCUT2D eigenvalue weighted by Gasteiger charge is -2.12. The van der Waals surface area contributed by atoms with E-state index in [0.29, 0.717) is 12.5 Å². The van der Waals surface area contributed by atoms with Crippen molar-refractivity contribution in [3.63, 3.8) is 0 Å². The number of rotatable bonds is 8. The van der Waals surface area contributed by atoms with E-state index in [1.807, 2.05) is 6.92 Å². The quantitative estimate of drug-likeness (QED) is 0.382. The highest BCUT2D eigenvalue weighted by Gasteiger charge is 2.06. The molecule has 0 saturated carbocycles. The van der Waals surface area contributed by atoms with E-state index in [1.54, 1.807) is 12.1 Å². The second-order valence-corrected chi connectivity index (χ2v) is 7.41. The maximum Gasteiger partial charge on any atom is 0.238 e. The number of hydrogen-bond acceptors (Lipinski definition) is 3. The summed E-state index contributed by atoms with van der Waals surface area (Å²) in [5, 5.41) is 11.6. The molecule has 0 fully saturated rings. The fraction of sp³-hybridized carbons (Fsp3) is 0.562. The van der Waals surface area contributed by atoms with Crippen molar-refractivity contribution >= 4 is 16.0 Å². The molecule has 0 aliphatic heterocycles. The molecule has 23 heavy (non-hydrogen) atoms. The van der Waals surface area contributed by atoms with E-state index < -0.39 is 10.0 Å². The van der Waals surface area contributed by atoms with Crippen LogP contribution in [0.1, 0.15) is 39.2 Å². The number of sulfonamides is 1. The molecule has 0 saturated heterocycles. The predicted octanol–water partition coefficient (Wildman–Crippen LogP) is 1.83. The summed E-state index contributed by atoms with van der Waals surface area (Å²) in [5.74, 6) is 1.47. The SMILES string of the molecule is CCNC(=NCc1ccc(S(N)(=O)=O)cc1)NCCCC(C)C. The number of nitrogens with zero attached hydrogens (tertiary/aromatic N) is 1. The maximum absolute atomic E-state index is 11.2. The van der Waals surface area contributed by atoms with Crippen molar-refractivity contribution in [2.24, 2.45) is 16.0 Å². The van der Waals surface area contributed by atoms with Crippen LogP contribution in [0.4, 0.5) is 0 Å². The fourth-order valence-corrected chi connectivity index (χ4v) is 2.53. The summed E-state index contributed by atoms with van der Waals surface area (Å²) in [6, 6.07) is 6.46. The highest BCUT2D eigenvalue weighted by molar-refractivity contribution is 7.89. The van der Waals surface area contributed by atoms with Crippen LogP contribution in [0.5, 0.6) is 0 Å². The van der Waals surface area contributed by atoms with Crippen LogP contribution in [0.2, 0.25) is 0 Å². The van der Waals surface area contributed by atoms with Crippen LogP contribution in [-0.2, 0) is 16.6 Å². The van der Waals surface area contributed by atoms with Crippen molar-refractivity contribution < 1.29 is 8.42 Å². The highest BCUT2D eigenvalue weighted by Crippen LogP contribution is 2.09. The molecule has 7 heteroatoms. The third-order valence-corrected chi connectivity index (χ3v) is 4.20. The molecule has 0 amide bonds. The Morgan fingerprint density at radius 2 is 1.87 bits per heavy atom. The van der Waals surface area contributed by atoms with E-state index in [1.165, 1.54) is 18.6 Å². The maximum atomic E-state index is 11.2. The molecule has 0 spiro atoms. The Labute approximate surface area is 139 Å². The molecule has 0 atom stereocenters. The van der Waals surface area contributed by atoms with Gasteiger partial charge in [-0.05, 0) is 43.4 Å². The molecule has 0 heterocycles. The van der Waals surface area contributed by atoms with Gasteiger partial charge in [-0.25, -0.2) is 18.5 Å². The lowest BCUT2D eigenvalue weighted by molar-refractivity contribution is 0.549. The van der Waals surface area contributed by atoms with Gasteiger partial charge in [0.25, 0.3) is 0 Å². The molecular weight excluding hydrogens is 312 g/mol. The number of hydrogen-bond donors (Lipinski definition) is 3. The normalized spacial score (nSPS) is 12.5. The molecule has 6 nitrogen and oxygen atoms in total. The van der Waals surface area contributed by atoms with E-state index in [-0.39, 0.29) is 4.90 Å². The topological polar surface area (TPSA) is 96.6 Å². The van der Waals surface area contributed by atoms with Gasteiger partial charge in [0.15, 0.2) is 5.96 Å². The van der Waals surface area contributed by atoms with Crippen LogP contribution in [-0.4, -0.2) is 27.5 Å². The molecule has 0 aromatic heterocycles. The van der Waals surface area contributed by atoms with E-state index in [9.17, 15) is 8.42 Å². The molecule has 1 rings (SSSR count). The van der Waals surface area contributed by atoms with Crippen LogP contribution in [0, 0.1) is 5.92 Å². The van der Waals surface area contributed by atoms with Gasteiger partial charge in [0, 0.05) is 13.1 Å². The first-order valence-corrected chi connectivity index (χ1v) is 9.51. The van der Waals surface area contributed by atoms with Gasteiger partial charge in [-0.3, -0.25) is 0 Å². The molecule has 0 aliphatic carbocycles. The van der Waals surface area contributed by atoms with E-state index in [4.69, 9.17) is 5.14 Å². The van der Waals surface area contributed by atoms with Crippen molar-refractivity contribution in [2.45, 2.75) is 45.1 Å². The highest BCUT2D eigenvalue weighted by atomic mass is 32.2. The van der Waals surface area contributed by atoms with Gasteiger partial charge < -0.3 is 10.6 Å². The molecule has 1 aromatic rings. The van der Waals surface area contributed by atoms with E-state index >= 15 is 0 Å². The Bertz CT molecular complexity index is 595. The van der Waals surface area contributed by atoms with Gasteiger partial charge >= 0.3 is 0 Å². The smallest absolute Gasteiger partial charge is 0.238 e. The Balaban J connectivity index is 2.59. The van der Waals surface area contributed by atoms with Gasteiger partial charge in [0.1, 0.15) is 0 Å². The van der Waals surface area contributed by atoms with Gasteiger partial charge in [0.2, 0.25) is 10.0 Å². The fourth-order valence-electron chi connectivity index (χ4n) is 2.01. The minimum atomic E-state index is -3.64. The summed E-state index contributed by atoms with van der Waals surface area (Å²) in [6.45, 7) is 8.60. The van der Waals surface area contributed by atoms with Crippen molar-refractivity contribution in [1.82, 2.24) is 10.6 Å². The lowest BCUT2D eigenvalue weighted by atomic mass is 10.1. The molecule has 1 aromatic carbocycles. The predicted molar refractivity (Wildman–Crippen MR) is 94.7 cm³/mol. The summed E-state index contributed by atoms with van der Waals surface area (Å²) >= 11 is 0. The van der Waals surface area contributed by atoms with Crippen LogP contribution in [0.3, 0.4) is 0 Å². The Kier molecular flexibility index (Phi) is 8.05. The molecular formula is C16H28N4O2S. The number of benzene rings is 1. The zero-order chi connectivity index (χ0) is 17.3. The van der Waals surface area contributed by atoms with Gasteiger partial charge in [-0.15, -0.1) is 0 Å². The Morgan fingerprint density at radius 1 is 1.22 bits per heavy atom. The van der Waals surface area contributed by atoms with Crippen LogP contribution in [0.15, 0.2) is 34.2 Å². The second-order valence-electron chi connectivity index (χ2n) is 5.85. The third kappa shape index (κ3) is 7.99. The average Bonchev–Trinajstić information content (AvgIpc) is 2.48. The summed E-state index contributed by atoms with van der Waals surface area (Å²) in [6.07, 6.45) is 2.28. The van der Waals surface area contributed by atoms with E-state index in [0.717, 1.165) is 31.0 Å². The van der Waals surface area contributed by atoms with Crippen LogP contribution in [0.25, 0.3) is 0 Å². The average molecular weight is 340 g/mol. The van der Waals surface area contributed by atoms with Crippen molar-refractivity contribution in [1.29, 1.82) is 0 Å². The zero-order valence-electron chi connectivity index (χ0n) is 14.2. The first kappa shape index (κ1) is 19.4. The molecule has 0 unspecified atom stereocenters. The number of primary sulfonamides is 1. The molecule has 0 aliphatic rings. The molecule has 0 radical (unpaired) electrons. The Hall–Kier alpha value is -1.60. The molecule has 130 valence electrons. The summed E-state index contributed by atoms with van der Waals surface area (Å²) in [4.78, 5) is 4.62. The summed E-state index contributed by atoms with van der Waals surface area (Å²) in [5.41, 5.74) is 0.928. The van der Waals surface area contributed by atoms with Gasteiger partial charge in [0.05, 0.1) is 11.4 Å². The molecule has 0 bridgehead atoms. The van der Waals surface area contributed by atoms with Crippen molar-refractivity contribution in [3.8, 4) is 0 Å². The largest absolute Gasteiger partial charge is 0.357 e.